The molecule has 2 aliphatic carbocycles. The minimum atomic E-state index is -0.768. The van der Waals surface area contributed by atoms with Crippen molar-refractivity contribution in [2.24, 2.45) is 11.8 Å². The highest BCUT2D eigenvalue weighted by atomic mass is 16.5. The van der Waals surface area contributed by atoms with Gasteiger partial charge in [-0.25, -0.2) is 0 Å². The average Bonchev–Trinajstić information content (AvgIpc) is 3.44. The first-order chi connectivity index (χ1) is 11.6. The van der Waals surface area contributed by atoms with Crippen molar-refractivity contribution in [1.82, 2.24) is 4.90 Å². The van der Waals surface area contributed by atoms with Crippen molar-refractivity contribution < 1.29 is 19.4 Å². The second-order valence-corrected chi connectivity index (χ2v) is 6.91. The number of benzene rings is 1. The number of hydrogen-bond donors (Lipinski definition) is 1. The molecule has 2 aliphatic rings. The molecule has 130 valence electrons. The first-order valence-corrected chi connectivity index (χ1v) is 8.75. The number of methoxy groups -OCH3 is 1. The van der Waals surface area contributed by atoms with Crippen molar-refractivity contribution in [3.63, 3.8) is 0 Å². The predicted octanol–water partition coefficient (Wildman–Crippen LogP) is 3.08. The average molecular weight is 331 g/mol. The van der Waals surface area contributed by atoms with Gasteiger partial charge in [0.05, 0.1) is 13.0 Å². The third-order valence-corrected chi connectivity index (χ3v) is 5.18. The van der Waals surface area contributed by atoms with E-state index in [0.29, 0.717) is 25.4 Å². The third kappa shape index (κ3) is 3.71. The molecule has 24 heavy (non-hydrogen) atoms. The lowest BCUT2D eigenvalue weighted by Crippen LogP contribution is -2.40. The number of rotatable bonds is 6. The van der Waals surface area contributed by atoms with Crippen LogP contribution >= 0.6 is 0 Å². The van der Waals surface area contributed by atoms with Gasteiger partial charge in [0.2, 0.25) is 5.91 Å². The van der Waals surface area contributed by atoms with Crippen LogP contribution < -0.4 is 4.74 Å². The molecular weight excluding hydrogens is 306 g/mol. The molecule has 0 heterocycles. The lowest BCUT2D eigenvalue weighted by Gasteiger charge is -2.32. The maximum atomic E-state index is 13.0. The summed E-state index contributed by atoms with van der Waals surface area (Å²) in [5, 5.41) is 9.26. The zero-order valence-corrected chi connectivity index (χ0v) is 14.1. The summed E-state index contributed by atoms with van der Waals surface area (Å²) in [6.07, 6.45) is 4.86. The van der Waals surface area contributed by atoms with Crippen molar-refractivity contribution in [3.8, 4) is 5.75 Å². The molecule has 3 rings (SSSR count). The molecule has 1 N–H and O–H groups in total. The van der Waals surface area contributed by atoms with E-state index in [0.717, 1.165) is 37.0 Å². The van der Waals surface area contributed by atoms with Crippen LogP contribution in [0.2, 0.25) is 0 Å². The Balaban J connectivity index is 1.73. The minimum absolute atomic E-state index is 0.120. The van der Waals surface area contributed by atoms with Crippen molar-refractivity contribution in [2.75, 3.05) is 7.11 Å². The molecule has 2 saturated carbocycles. The summed E-state index contributed by atoms with van der Waals surface area (Å²) in [6.45, 7) is 0.543. The van der Waals surface area contributed by atoms with Crippen molar-refractivity contribution in [1.29, 1.82) is 0 Å². The molecule has 1 aromatic carbocycles. The van der Waals surface area contributed by atoms with Crippen LogP contribution in [0.1, 0.15) is 44.1 Å². The van der Waals surface area contributed by atoms with E-state index in [-0.39, 0.29) is 17.7 Å². The van der Waals surface area contributed by atoms with E-state index >= 15 is 0 Å². The Morgan fingerprint density at radius 3 is 2.54 bits per heavy atom. The summed E-state index contributed by atoms with van der Waals surface area (Å²) < 4.78 is 5.40. The second kappa shape index (κ2) is 7.24. The number of carboxylic acid groups (broad SMARTS) is 1. The SMILES string of the molecule is COc1ccccc1CN(C(=O)C1CCCC(C(=O)O)C1)C1CC1. The highest BCUT2D eigenvalue weighted by Gasteiger charge is 2.39. The zero-order valence-electron chi connectivity index (χ0n) is 14.1. The molecule has 2 unspecified atom stereocenters. The number of ether oxygens (including phenoxy) is 1. The fourth-order valence-electron chi connectivity index (χ4n) is 3.66. The molecule has 2 fully saturated rings. The van der Waals surface area contributed by atoms with E-state index in [1.807, 2.05) is 29.2 Å². The molecule has 0 spiro atoms. The number of aliphatic carboxylic acids is 1. The smallest absolute Gasteiger partial charge is 0.306 e. The van der Waals surface area contributed by atoms with E-state index in [4.69, 9.17) is 4.74 Å². The Morgan fingerprint density at radius 2 is 1.88 bits per heavy atom. The van der Waals surface area contributed by atoms with Gasteiger partial charge in [-0.3, -0.25) is 9.59 Å². The summed E-state index contributed by atoms with van der Waals surface area (Å²) in [6, 6.07) is 8.07. The fourth-order valence-corrected chi connectivity index (χ4v) is 3.66. The number of amides is 1. The van der Waals surface area contributed by atoms with Crippen LogP contribution in [0.3, 0.4) is 0 Å². The number of carbonyl (C=O) groups is 2. The quantitative estimate of drug-likeness (QED) is 0.870. The van der Waals surface area contributed by atoms with Crippen molar-refractivity contribution >= 4 is 11.9 Å². The van der Waals surface area contributed by atoms with Gasteiger partial charge < -0.3 is 14.7 Å². The van der Waals surface area contributed by atoms with Crippen molar-refractivity contribution in [3.05, 3.63) is 29.8 Å². The topological polar surface area (TPSA) is 66.8 Å². The Labute approximate surface area is 142 Å². The molecule has 0 aromatic heterocycles. The zero-order chi connectivity index (χ0) is 17.1. The van der Waals surface area contributed by atoms with Gasteiger partial charge in [0, 0.05) is 24.1 Å². The molecular formula is C19H25NO4. The normalized spacial score (nSPS) is 23.5. The highest BCUT2D eigenvalue weighted by Crippen LogP contribution is 2.36. The first-order valence-electron chi connectivity index (χ1n) is 8.75. The van der Waals surface area contributed by atoms with E-state index in [1.165, 1.54) is 0 Å². The Bertz CT molecular complexity index is 611. The molecule has 0 bridgehead atoms. The lowest BCUT2D eigenvalue weighted by molar-refractivity contribution is -0.145. The van der Waals surface area contributed by atoms with Gasteiger partial charge in [-0.05, 0) is 38.2 Å². The summed E-state index contributed by atoms with van der Waals surface area (Å²) in [5.41, 5.74) is 1.01. The van der Waals surface area contributed by atoms with E-state index in [1.54, 1.807) is 7.11 Å². The molecule has 5 nitrogen and oxygen atoms in total. The Hall–Kier alpha value is -2.04. The largest absolute Gasteiger partial charge is 0.496 e. The van der Waals surface area contributed by atoms with Gasteiger partial charge in [0.1, 0.15) is 5.75 Å². The summed E-state index contributed by atoms with van der Waals surface area (Å²) >= 11 is 0. The summed E-state index contributed by atoms with van der Waals surface area (Å²) in [5.74, 6) is -0.386. The standard InChI is InChI=1S/C19H25NO4/c1-24-17-8-3-2-5-15(17)12-20(16-9-10-16)18(21)13-6-4-7-14(11-13)19(22)23/h2-3,5,8,13-14,16H,4,6-7,9-12H2,1H3,(H,22,23). The van der Waals surface area contributed by atoms with Crippen LogP contribution in [-0.4, -0.2) is 35.0 Å². The number of carbonyl (C=O) groups excluding carboxylic acids is 1. The van der Waals surface area contributed by atoms with Crippen LogP contribution in [0.15, 0.2) is 24.3 Å². The van der Waals surface area contributed by atoms with E-state index in [2.05, 4.69) is 0 Å². The third-order valence-electron chi connectivity index (χ3n) is 5.18. The molecule has 5 heteroatoms. The van der Waals surface area contributed by atoms with Gasteiger partial charge in [0.25, 0.3) is 0 Å². The van der Waals surface area contributed by atoms with Crippen LogP contribution in [0.5, 0.6) is 5.75 Å². The van der Waals surface area contributed by atoms with Gasteiger partial charge >= 0.3 is 5.97 Å². The van der Waals surface area contributed by atoms with Gasteiger partial charge in [0.15, 0.2) is 0 Å². The van der Waals surface area contributed by atoms with E-state index < -0.39 is 5.97 Å². The Morgan fingerprint density at radius 1 is 1.17 bits per heavy atom. The van der Waals surface area contributed by atoms with Crippen LogP contribution in [0.4, 0.5) is 0 Å². The predicted molar refractivity (Wildman–Crippen MR) is 89.6 cm³/mol. The van der Waals surface area contributed by atoms with Gasteiger partial charge in [-0.1, -0.05) is 24.6 Å². The molecule has 0 aliphatic heterocycles. The van der Waals surface area contributed by atoms with Crippen molar-refractivity contribution in [2.45, 2.75) is 51.1 Å². The first kappa shape index (κ1) is 16.8. The summed E-state index contributed by atoms with van der Waals surface area (Å²) in [4.78, 5) is 26.3. The van der Waals surface area contributed by atoms with Gasteiger partial charge in [-0.2, -0.15) is 0 Å². The molecule has 1 amide bonds. The molecule has 0 saturated heterocycles. The van der Waals surface area contributed by atoms with Crippen LogP contribution in [-0.2, 0) is 16.1 Å². The number of hydrogen-bond acceptors (Lipinski definition) is 3. The number of para-hydroxylation sites is 1. The summed E-state index contributed by atoms with van der Waals surface area (Å²) in [7, 11) is 1.64. The monoisotopic (exact) mass is 331 g/mol. The Kier molecular flexibility index (Phi) is 5.07. The van der Waals surface area contributed by atoms with E-state index in [9.17, 15) is 14.7 Å². The van der Waals surface area contributed by atoms with Crippen LogP contribution in [0, 0.1) is 11.8 Å². The maximum absolute atomic E-state index is 13.0. The van der Waals surface area contributed by atoms with Gasteiger partial charge in [-0.15, -0.1) is 0 Å². The molecule has 1 aromatic rings. The molecule has 2 atom stereocenters. The van der Waals surface area contributed by atoms with Crippen LogP contribution in [0.25, 0.3) is 0 Å². The number of carboxylic acids is 1. The number of nitrogens with zero attached hydrogens (tertiary/aromatic N) is 1. The maximum Gasteiger partial charge on any atom is 0.306 e. The fraction of sp³-hybridized carbons (Fsp3) is 0.579. The molecule has 0 radical (unpaired) electrons. The second-order valence-electron chi connectivity index (χ2n) is 6.91. The minimum Gasteiger partial charge on any atom is -0.496 e. The highest BCUT2D eigenvalue weighted by molar-refractivity contribution is 5.81. The lowest BCUT2D eigenvalue weighted by atomic mass is 9.80.